The molecule has 0 radical (unpaired) electrons. The van der Waals surface area contributed by atoms with E-state index in [1.807, 2.05) is 0 Å². The Kier molecular flexibility index (Phi) is 4.30. The van der Waals surface area contributed by atoms with Gasteiger partial charge in [0.15, 0.2) is 0 Å². The highest BCUT2D eigenvalue weighted by molar-refractivity contribution is 7.88. The summed E-state index contributed by atoms with van der Waals surface area (Å²) in [6.45, 7) is 0.210. The van der Waals surface area contributed by atoms with Crippen molar-refractivity contribution in [2.45, 2.75) is 17.3 Å². The Labute approximate surface area is 127 Å². The van der Waals surface area contributed by atoms with Gasteiger partial charge in [-0.05, 0) is 24.1 Å². The summed E-state index contributed by atoms with van der Waals surface area (Å²) in [5.74, 6) is -0.588. The van der Waals surface area contributed by atoms with Crippen LogP contribution in [0.1, 0.15) is 12.0 Å². The van der Waals surface area contributed by atoms with E-state index in [0.717, 1.165) is 11.8 Å². The van der Waals surface area contributed by atoms with Crippen LogP contribution >= 0.6 is 23.2 Å². The molecule has 2 rings (SSSR count). The second-order valence-corrected chi connectivity index (χ2v) is 8.17. The highest BCUT2D eigenvalue weighted by atomic mass is 35.5. The van der Waals surface area contributed by atoms with E-state index < -0.39 is 14.4 Å². The summed E-state index contributed by atoms with van der Waals surface area (Å²) in [5.41, 5.74) is 1.41. The minimum atomic E-state index is -3.22. The first-order valence-corrected chi connectivity index (χ1v) is 8.54. The van der Waals surface area contributed by atoms with Gasteiger partial charge in [0.2, 0.25) is 15.9 Å². The van der Waals surface area contributed by atoms with Crippen LogP contribution < -0.4 is 10.0 Å². The number of hydrogen-bond acceptors (Lipinski definition) is 3. The van der Waals surface area contributed by atoms with E-state index in [-0.39, 0.29) is 18.4 Å². The minimum absolute atomic E-state index is 0.210. The number of rotatable bonds is 5. The van der Waals surface area contributed by atoms with Crippen molar-refractivity contribution in [1.82, 2.24) is 4.72 Å². The first-order chi connectivity index (χ1) is 9.17. The Morgan fingerprint density at radius 2 is 1.90 bits per heavy atom. The van der Waals surface area contributed by atoms with Crippen LogP contribution in [0.4, 0.5) is 5.69 Å². The lowest BCUT2D eigenvalue weighted by atomic mass is 10.2. The van der Waals surface area contributed by atoms with Crippen molar-refractivity contribution in [1.29, 1.82) is 0 Å². The van der Waals surface area contributed by atoms with Crippen LogP contribution in [-0.2, 0) is 21.4 Å². The fourth-order valence-electron chi connectivity index (χ4n) is 1.65. The van der Waals surface area contributed by atoms with E-state index in [2.05, 4.69) is 10.0 Å². The molecule has 1 aliphatic carbocycles. The topological polar surface area (TPSA) is 75.3 Å². The normalized spacial score (nSPS) is 20.4. The third kappa shape index (κ3) is 4.34. The van der Waals surface area contributed by atoms with Crippen LogP contribution in [-0.4, -0.2) is 24.9 Å². The summed E-state index contributed by atoms with van der Waals surface area (Å²) in [5, 5.41) is 2.71. The molecule has 1 atom stereocenters. The minimum Gasteiger partial charge on any atom is -0.326 e. The molecule has 5 nitrogen and oxygen atoms in total. The van der Waals surface area contributed by atoms with Crippen molar-refractivity contribution >= 4 is 44.8 Å². The van der Waals surface area contributed by atoms with Gasteiger partial charge in [0.1, 0.15) is 4.33 Å². The van der Waals surface area contributed by atoms with Crippen LogP contribution in [0.2, 0.25) is 0 Å². The lowest BCUT2D eigenvalue weighted by molar-refractivity contribution is -0.117. The maximum absolute atomic E-state index is 11.8. The van der Waals surface area contributed by atoms with Crippen molar-refractivity contribution in [2.75, 3.05) is 11.6 Å². The zero-order valence-electron chi connectivity index (χ0n) is 10.7. The van der Waals surface area contributed by atoms with E-state index in [1.165, 1.54) is 0 Å². The first kappa shape index (κ1) is 15.6. The predicted octanol–water partition coefficient (Wildman–Crippen LogP) is 1.87. The molecule has 1 amide bonds. The van der Waals surface area contributed by atoms with Gasteiger partial charge in [0.05, 0.1) is 12.2 Å². The Hall–Kier alpha value is -0.820. The second-order valence-electron chi connectivity index (χ2n) is 4.80. The first-order valence-electron chi connectivity index (χ1n) is 5.90. The third-order valence-electron chi connectivity index (χ3n) is 2.90. The Morgan fingerprint density at radius 3 is 2.35 bits per heavy atom. The Balaban J connectivity index is 1.90. The van der Waals surface area contributed by atoms with Crippen molar-refractivity contribution in [3.05, 3.63) is 29.8 Å². The van der Waals surface area contributed by atoms with Gasteiger partial charge in [0.25, 0.3) is 0 Å². The summed E-state index contributed by atoms with van der Waals surface area (Å²) in [6.07, 6.45) is 1.56. The fourth-order valence-corrected chi connectivity index (χ4v) is 2.58. The molecule has 0 spiro atoms. The largest absolute Gasteiger partial charge is 0.326 e. The van der Waals surface area contributed by atoms with Crippen molar-refractivity contribution < 1.29 is 13.2 Å². The van der Waals surface area contributed by atoms with Gasteiger partial charge < -0.3 is 5.32 Å². The summed E-state index contributed by atoms with van der Waals surface area (Å²) < 4.78 is 23.4. The second kappa shape index (κ2) is 5.52. The maximum Gasteiger partial charge on any atom is 0.230 e. The van der Waals surface area contributed by atoms with E-state index in [4.69, 9.17) is 23.2 Å². The molecule has 8 heteroatoms. The lowest BCUT2D eigenvalue weighted by Gasteiger charge is -2.07. The van der Waals surface area contributed by atoms with E-state index in [9.17, 15) is 13.2 Å². The lowest BCUT2D eigenvalue weighted by Crippen LogP contribution is -2.21. The molecule has 2 N–H and O–H groups in total. The molecular formula is C12H14Cl2N2O3S. The van der Waals surface area contributed by atoms with Crippen LogP contribution in [0.25, 0.3) is 0 Å². The number of hydrogen-bond donors (Lipinski definition) is 2. The van der Waals surface area contributed by atoms with Gasteiger partial charge in [-0.2, -0.15) is 0 Å². The average Bonchev–Trinajstić information content (AvgIpc) is 2.97. The zero-order valence-corrected chi connectivity index (χ0v) is 13.0. The van der Waals surface area contributed by atoms with Crippen LogP contribution in [0.15, 0.2) is 24.3 Å². The molecule has 1 aliphatic rings. The van der Waals surface area contributed by atoms with Crippen molar-refractivity contribution in [3.63, 3.8) is 0 Å². The number of amides is 1. The van der Waals surface area contributed by atoms with E-state index in [0.29, 0.717) is 12.1 Å². The molecule has 1 aromatic rings. The Morgan fingerprint density at radius 1 is 1.35 bits per heavy atom. The molecule has 1 saturated carbocycles. The molecule has 0 aliphatic heterocycles. The Bertz CT molecular complexity index is 614. The number of carbonyl (C=O) groups is 1. The molecule has 1 aromatic carbocycles. The zero-order chi connectivity index (χ0) is 15.0. The highest BCUT2D eigenvalue weighted by Gasteiger charge is 2.56. The van der Waals surface area contributed by atoms with E-state index >= 15 is 0 Å². The number of halogens is 2. The number of benzene rings is 1. The standard InChI is InChI=1S/C12H14Cl2N2O3S/c1-20(18,19)15-7-8-2-4-9(5-3-8)16-11(17)10-6-12(10,13)14/h2-5,10,15H,6-7H2,1H3,(H,16,17). The number of anilines is 1. The predicted molar refractivity (Wildman–Crippen MR) is 79.3 cm³/mol. The summed E-state index contributed by atoms with van der Waals surface area (Å²) in [7, 11) is -3.22. The molecular weight excluding hydrogens is 323 g/mol. The number of sulfonamides is 1. The SMILES string of the molecule is CS(=O)(=O)NCc1ccc(NC(=O)C2CC2(Cl)Cl)cc1. The molecule has 1 unspecified atom stereocenters. The summed E-state index contributed by atoms with van der Waals surface area (Å²) in [6, 6.07) is 6.86. The van der Waals surface area contributed by atoms with Gasteiger partial charge in [-0.15, -0.1) is 23.2 Å². The summed E-state index contributed by atoms with van der Waals surface area (Å²) >= 11 is 11.6. The van der Waals surface area contributed by atoms with Crippen LogP contribution in [0.5, 0.6) is 0 Å². The molecule has 0 heterocycles. The average molecular weight is 337 g/mol. The van der Waals surface area contributed by atoms with Crippen molar-refractivity contribution in [3.8, 4) is 0 Å². The van der Waals surface area contributed by atoms with E-state index in [1.54, 1.807) is 24.3 Å². The van der Waals surface area contributed by atoms with Crippen molar-refractivity contribution in [2.24, 2.45) is 5.92 Å². The quantitative estimate of drug-likeness (QED) is 0.806. The van der Waals surface area contributed by atoms with Crippen LogP contribution in [0.3, 0.4) is 0 Å². The third-order valence-corrected chi connectivity index (χ3v) is 4.41. The molecule has 1 fully saturated rings. The monoisotopic (exact) mass is 336 g/mol. The van der Waals surface area contributed by atoms with Gasteiger partial charge in [-0.1, -0.05) is 12.1 Å². The molecule has 20 heavy (non-hydrogen) atoms. The highest BCUT2D eigenvalue weighted by Crippen LogP contribution is 2.53. The molecule has 110 valence electrons. The maximum atomic E-state index is 11.8. The number of nitrogens with one attached hydrogen (secondary N) is 2. The molecule has 0 bridgehead atoms. The number of alkyl halides is 2. The van der Waals surface area contributed by atoms with Gasteiger partial charge in [0, 0.05) is 12.2 Å². The van der Waals surface area contributed by atoms with Crippen LogP contribution in [0, 0.1) is 5.92 Å². The fraction of sp³-hybridized carbons (Fsp3) is 0.417. The van der Waals surface area contributed by atoms with Gasteiger partial charge in [-0.3, -0.25) is 4.79 Å². The molecule has 0 aromatic heterocycles. The number of carbonyl (C=O) groups excluding carboxylic acids is 1. The smallest absolute Gasteiger partial charge is 0.230 e. The summed E-state index contributed by atoms with van der Waals surface area (Å²) in [4.78, 5) is 11.8. The van der Waals surface area contributed by atoms with Gasteiger partial charge >= 0.3 is 0 Å². The molecule has 0 saturated heterocycles. The van der Waals surface area contributed by atoms with Gasteiger partial charge in [-0.25, -0.2) is 13.1 Å².